The molecule has 0 bridgehead atoms. The van der Waals surface area contributed by atoms with Crippen molar-refractivity contribution < 1.29 is 24.3 Å². The van der Waals surface area contributed by atoms with Crippen LogP contribution in [0.3, 0.4) is 0 Å². The van der Waals surface area contributed by atoms with Gasteiger partial charge in [-0.15, -0.1) is 0 Å². The molecular formula is C24H33BN2O5. The first-order valence-electron chi connectivity index (χ1n) is 11.0. The van der Waals surface area contributed by atoms with Crippen molar-refractivity contribution in [1.82, 2.24) is 4.90 Å². The lowest BCUT2D eigenvalue weighted by molar-refractivity contribution is -0.0982. The second kappa shape index (κ2) is 9.94. The Hall–Kier alpha value is -2.55. The van der Waals surface area contributed by atoms with Crippen molar-refractivity contribution in [2.24, 2.45) is 0 Å². The van der Waals surface area contributed by atoms with Crippen LogP contribution >= 0.6 is 0 Å². The van der Waals surface area contributed by atoms with Crippen molar-refractivity contribution in [1.29, 1.82) is 0 Å². The molecule has 1 fully saturated rings. The summed E-state index contributed by atoms with van der Waals surface area (Å²) in [6.45, 7) is 9.64. The number of aliphatic hydroxyl groups is 1. The molecule has 8 heteroatoms. The third-order valence-corrected chi connectivity index (χ3v) is 6.17. The molecule has 3 rings (SSSR count). The van der Waals surface area contributed by atoms with E-state index in [1.165, 1.54) is 0 Å². The van der Waals surface area contributed by atoms with Crippen LogP contribution < -0.4 is 10.4 Å². The van der Waals surface area contributed by atoms with Crippen molar-refractivity contribution in [3.63, 3.8) is 0 Å². The molecule has 7 nitrogen and oxygen atoms in total. The van der Waals surface area contributed by atoms with E-state index in [1.54, 1.807) is 32.6 Å². The number of nitrogens with zero attached hydrogens (tertiary/aromatic N) is 2. The standard InChI is InChI=1S/C24H33BN2O5/c1-23(2,29)24(3,4)32-25(30)20-10-12-21(13-11-20)26-14-16-27(17-15-26)22(28)31-18-19-8-6-5-7-9-19/h5-13,29-30H,14-18H2,1-4H3. The molecule has 2 aromatic rings. The fourth-order valence-corrected chi connectivity index (χ4v) is 3.30. The minimum atomic E-state index is -1.14. The van der Waals surface area contributed by atoms with Gasteiger partial charge in [-0.3, -0.25) is 0 Å². The van der Waals surface area contributed by atoms with Crippen LogP contribution in [0.4, 0.5) is 10.5 Å². The summed E-state index contributed by atoms with van der Waals surface area (Å²) in [4.78, 5) is 16.3. The molecule has 1 aliphatic heterocycles. The van der Waals surface area contributed by atoms with Gasteiger partial charge >= 0.3 is 13.2 Å². The lowest BCUT2D eigenvalue weighted by Gasteiger charge is -2.38. The molecule has 1 heterocycles. The maximum Gasteiger partial charge on any atom is 0.491 e. The summed E-state index contributed by atoms with van der Waals surface area (Å²) in [5.74, 6) is 0. The number of ether oxygens (including phenoxy) is 1. The Labute approximate surface area is 190 Å². The van der Waals surface area contributed by atoms with Crippen LogP contribution in [0.25, 0.3) is 0 Å². The van der Waals surface area contributed by atoms with Crippen molar-refractivity contribution in [2.45, 2.75) is 45.5 Å². The predicted molar refractivity (Wildman–Crippen MR) is 126 cm³/mol. The average Bonchev–Trinajstić information content (AvgIpc) is 2.77. The summed E-state index contributed by atoms with van der Waals surface area (Å²) in [6.07, 6.45) is -0.293. The zero-order valence-corrected chi connectivity index (χ0v) is 19.3. The molecule has 1 saturated heterocycles. The highest BCUT2D eigenvalue weighted by Gasteiger charge is 2.39. The van der Waals surface area contributed by atoms with Gasteiger partial charge in [0.25, 0.3) is 0 Å². The van der Waals surface area contributed by atoms with Crippen LogP contribution in [-0.4, -0.2) is 65.6 Å². The number of carbonyl (C=O) groups excluding carboxylic acids is 1. The second-order valence-electron chi connectivity index (χ2n) is 9.15. The van der Waals surface area contributed by atoms with E-state index in [9.17, 15) is 14.9 Å². The second-order valence-corrected chi connectivity index (χ2v) is 9.15. The summed E-state index contributed by atoms with van der Waals surface area (Å²) in [7, 11) is -1.14. The summed E-state index contributed by atoms with van der Waals surface area (Å²) in [6, 6.07) is 17.2. The van der Waals surface area contributed by atoms with E-state index < -0.39 is 18.3 Å². The quantitative estimate of drug-likeness (QED) is 0.644. The third-order valence-electron chi connectivity index (χ3n) is 6.17. The van der Waals surface area contributed by atoms with Gasteiger partial charge in [0.1, 0.15) is 6.61 Å². The number of rotatable bonds is 7. The van der Waals surface area contributed by atoms with Gasteiger partial charge in [0.05, 0.1) is 11.2 Å². The van der Waals surface area contributed by atoms with Crippen LogP contribution in [0.5, 0.6) is 0 Å². The average molecular weight is 440 g/mol. The van der Waals surface area contributed by atoms with Crippen molar-refractivity contribution in [2.75, 3.05) is 31.1 Å². The highest BCUT2D eigenvalue weighted by atomic mass is 16.6. The fourth-order valence-electron chi connectivity index (χ4n) is 3.30. The van der Waals surface area contributed by atoms with Gasteiger partial charge in [0.2, 0.25) is 0 Å². The molecule has 2 aromatic carbocycles. The van der Waals surface area contributed by atoms with Gasteiger partial charge in [0.15, 0.2) is 0 Å². The Morgan fingerprint density at radius 3 is 2.12 bits per heavy atom. The number of amides is 1. The highest BCUT2D eigenvalue weighted by molar-refractivity contribution is 6.60. The Balaban J connectivity index is 1.50. The lowest BCUT2D eigenvalue weighted by atomic mass is 9.76. The van der Waals surface area contributed by atoms with Gasteiger partial charge in [-0.25, -0.2) is 4.79 Å². The summed E-state index contributed by atoms with van der Waals surface area (Å²) in [5, 5.41) is 20.7. The Morgan fingerprint density at radius 1 is 0.969 bits per heavy atom. The first-order chi connectivity index (χ1) is 15.1. The molecule has 0 unspecified atom stereocenters. The SMILES string of the molecule is CC(C)(O)C(C)(C)OB(O)c1ccc(N2CCN(C(=O)OCc3ccccc3)CC2)cc1. The largest absolute Gasteiger partial charge is 0.491 e. The molecule has 0 radical (unpaired) electrons. The van der Waals surface area contributed by atoms with Crippen LogP contribution in [0.15, 0.2) is 54.6 Å². The minimum absolute atomic E-state index is 0.274. The van der Waals surface area contributed by atoms with E-state index in [0.29, 0.717) is 31.6 Å². The van der Waals surface area contributed by atoms with Crippen LogP contribution in [-0.2, 0) is 16.0 Å². The maximum absolute atomic E-state index is 12.3. The van der Waals surface area contributed by atoms with E-state index in [1.807, 2.05) is 54.6 Å². The van der Waals surface area contributed by atoms with Gasteiger partial charge < -0.3 is 29.3 Å². The van der Waals surface area contributed by atoms with E-state index in [0.717, 1.165) is 11.3 Å². The van der Waals surface area contributed by atoms with Crippen molar-refractivity contribution in [3.05, 3.63) is 60.2 Å². The number of hydrogen-bond donors (Lipinski definition) is 2. The molecule has 0 atom stereocenters. The normalized spacial score (nSPS) is 14.9. The molecule has 172 valence electrons. The monoisotopic (exact) mass is 440 g/mol. The molecular weight excluding hydrogens is 407 g/mol. The summed E-state index contributed by atoms with van der Waals surface area (Å²) in [5.41, 5.74) is 0.581. The van der Waals surface area contributed by atoms with Crippen LogP contribution in [0, 0.1) is 0 Å². The molecule has 0 aliphatic carbocycles. The maximum atomic E-state index is 12.3. The van der Waals surface area contributed by atoms with Gasteiger partial charge in [-0.2, -0.15) is 0 Å². The number of piperazine rings is 1. The van der Waals surface area contributed by atoms with Crippen molar-refractivity contribution in [3.8, 4) is 0 Å². The smallest absolute Gasteiger partial charge is 0.445 e. The molecule has 2 N–H and O–H groups in total. The molecule has 0 spiro atoms. The zero-order valence-electron chi connectivity index (χ0n) is 19.3. The Morgan fingerprint density at radius 2 is 1.56 bits per heavy atom. The number of carbonyl (C=O) groups is 1. The predicted octanol–water partition coefficient (Wildman–Crippen LogP) is 2.40. The molecule has 32 heavy (non-hydrogen) atoms. The molecule has 1 aliphatic rings. The Bertz CT molecular complexity index is 876. The van der Waals surface area contributed by atoms with Crippen molar-refractivity contribution >= 4 is 24.4 Å². The first-order valence-corrected chi connectivity index (χ1v) is 11.0. The highest BCUT2D eigenvalue weighted by Crippen LogP contribution is 2.25. The first kappa shape index (κ1) is 24.1. The van der Waals surface area contributed by atoms with Crippen LogP contribution in [0.1, 0.15) is 33.3 Å². The zero-order chi connectivity index (χ0) is 23.4. The number of hydrogen-bond acceptors (Lipinski definition) is 6. The molecule has 0 saturated carbocycles. The molecule has 1 amide bonds. The minimum Gasteiger partial charge on any atom is -0.445 e. The van der Waals surface area contributed by atoms with Gasteiger partial charge in [0, 0.05) is 31.9 Å². The Kier molecular flexibility index (Phi) is 7.49. The summed E-state index contributed by atoms with van der Waals surface area (Å²) < 4.78 is 11.1. The van der Waals surface area contributed by atoms with Gasteiger partial charge in [-0.05, 0) is 50.9 Å². The van der Waals surface area contributed by atoms with E-state index in [-0.39, 0.29) is 12.7 Å². The summed E-state index contributed by atoms with van der Waals surface area (Å²) >= 11 is 0. The lowest BCUT2D eigenvalue weighted by Crippen LogP contribution is -2.53. The van der Waals surface area contributed by atoms with E-state index >= 15 is 0 Å². The topological polar surface area (TPSA) is 82.5 Å². The number of benzene rings is 2. The molecule has 0 aromatic heterocycles. The van der Waals surface area contributed by atoms with Gasteiger partial charge in [-0.1, -0.05) is 42.5 Å². The van der Waals surface area contributed by atoms with E-state index in [4.69, 9.17) is 9.39 Å². The fraction of sp³-hybridized carbons (Fsp3) is 0.458. The van der Waals surface area contributed by atoms with Crippen LogP contribution in [0.2, 0.25) is 0 Å². The van der Waals surface area contributed by atoms with E-state index in [2.05, 4.69) is 4.90 Å². The third kappa shape index (κ3) is 6.03. The number of anilines is 1.